The van der Waals surface area contributed by atoms with Crippen molar-refractivity contribution in [1.82, 2.24) is 10.6 Å². The molecule has 0 heterocycles. The van der Waals surface area contributed by atoms with Gasteiger partial charge in [0, 0.05) is 45.8 Å². The molecule has 2 N–H and O–H groups in total. The highest BCUT2D eigenvalue weighted by Crippen LogP contribution is 2.39. The first-order valence-corrected chi connectivity index (χ1v) is 10.1. The first-order valence-electron chi connectivity index (χ1n) is 9.29. The molecule has 4 aromatic rings. The number of carbonyl (C=O) groups excluding carboxylic acids is 2. The molecule has 0 saturated heterocycles. The van der Waals surface area contributed by atoms with E-state index in [2.05, 4.69) is 10.6 Å². The third-order valence-electron chi connectivity index (χ3n) is 4.90. The average molecular weight is 401 g/mol. The van der Waals surface area contributed by atoms with Crippen molar-refractivity contribution < 1.29 is 9.59 Å². The van der Waals surface area contributed by atoms with Gasteiger partial charge in [0.2, 0.25) is 0 Å². The molecule has 0 unspecified atom stereocenters. The Labute approximate surface area is 173 Å². The summed E-state index contributed by atoms with van der Waals surface area (Å²) in [4.78, 5) is 26.9. The summed E-state index contributed by atoms with van der Waals surface area (Å²) in [6, 6.07) is 23.5. The number of carbonyl (C=O) groups is 2. The minimum atomic E-state index is -0.118. The Balaban J connectivity index is 1.94. The molecule has 4 nitrogen and oxygen atoms in total. The van der Waals surface area contributed by atoms with Gasteiger partial charge in [0.05, 0.1) is 0 Å². The van der Waals surface area contributed by atoms with Crippen LogP contribution in [-0.2, 0) is 0 Å². The molecule has 0 aromatic heterocycles. The maximum atomic E-state index is 12.5. The number of amides is 2. The maximum Gasteiger partial charge on any atom is 0.251 e. The SMILES string of the molecule is CNC(=O)c1cccc2cccc(Sc3cccc4cccc(C(=O)NC)c34)c12. The Bertz CT molecular complexity index is 1140. The normalized spacial score (nSPS) is 10.8. The fourth-order valence-electron chi connectivity index (χ4n) is 3.55. The maximum absolute atomic E-state index is 12.5. The standard InChI is InChI=1S/C24H20N2O2S/c1-25-23(27)17-11-3-7-15-9-5-13-19(21(15)17)29-20-14-6-10-16-8-4-12-18(22(16)20)24(28)26-2/h3-14H,1-2H3,(H,25,27)(H,26,28). The Morgan fingerprint density at radius 3 is 1.38 bits per heavy atom. The number of fused-ring (bicyclic) bond motifs is 2. The van der Waals surface area contributed by atoms with Gasteiger partial charge in [0.15, 0.2) is 0 Å². The van der Waals surface area contributed by atoms with Crippen LogP contribution in [0.1, 0.15) is 20.7 Å². The monoisotopic (exact) mass is 400 g/mol. The lowest BCUT2D eigenvalue weighted by molar-refractivity contribution is 0.0956. The molecule has 144 valence electrons. The molecule has 0 fully saturated rings. The third-order valence-corrected chi connectivity index (χ3v) is 6.02. The van der Waals surface area contributed by atoms with Crippen LogP contribution in [0.3, 0.4) is 0 Å². The van der Waals surface area contributed by atoms with Gasteiger partial charge in [0.25, 0.3) is 11.8 Å². The topological polar surface area (TPSA) is 58.2 Å². The number of hydrogen-bond acceptors (Lipinski definition) is 3. The van der Waals surface area contributed by atoms with Crippen molar-refractivity contribution in [1.29, 1.82) is 0 Å². The van der Waals surface area contributed by atoms with Gasteiger partial charge in [-0.3, -0.25) is 9.59 Å². The lowest BCUT2D eigenvalue weighted by atomic mass is 10.0. The first-order chi connectivity index (χ1) is 14.1. The summed E-state index contributed by atoms with van der Waals surface area (Å²) in [7, 11) is 3.27. The van der Waals surface area contributed by atoms with Crippen LogP contribution < -0.4 is 10.6 Å². The highest BCUT2D eigenvalue weighted by atomic mass is 32.2. The van der Waals surface area contributed by atoms with Crippen LogP contribution in [-0.4, -0.2) is 25.9 Å². The molecule has 0 aliphatic rings. The van der Waals surface area contributed by atoms with Gasteiger partial charge in [-0.2, -0.15) is 0 Å². The third kappa shape index (κ3) is 3.45. The molecule has 0 aliphatic heterocycles. The predicted molar refractivity (Wildman–Crippen MR) is 119 cm³/mol. The van der Waals surface area contributed by atoms with Crippen LogP contribution in [0.25, 0.3) is 21.5 Å². The minimum Gasteiger partial charge on any atom is -0.355 e. The van der Waals surface area contributed by atoms with Crippen molar-refractivity contribution in [2.75, 3.05) is 14.1 Å². The zero-order chi connectivity index (χ0) is 20.4. The van der Waals surface area contributed by atoms with Crippen molar-refractivity contribution in [3.63, 3.8) is 0 Å². The van der Waals surface area contributed by atoms with Crippen LogP contribution >= 0.6 is 11.8 Å². The fourth-order valence-corrected chi connectivity index (χ4v) is 4.74. The summed E-state index contributed by atoms with van der Waals surface area (Å²) in [5.74, 6) is -0.236. The van der Waals surface area contributed by atoms with Crippen LogP contribution in [0.5, 0.6) is 0 Å². The summed E-state index contributed by atoms with van der Waals surface area (Å²) < 4.78 is 0. The van der Waals surface area contributed by atoms with E-state index >= 15 is 0 Å². The lowest BCUT2D eigenvalue weighted by Gasteiger charge is -2.14. The van der Waals surface area contributed by atoms with E-state index in [4.69, 9.17) is 0 Å². The Hall–Kier alpha value is -3.31. The largest absolute Gasteiger partial charge is 0.355 e. The zero-order valence-electron chi connectivity index (χ0n) is 16.2. The predicted octanol–water partition coefficient (Wildman–Crippen LogP) is 4.86. The second-order valence-electron chi connectivity index (χ2n) is 6.58. The summed E-state index contributed by atoms with van der Waals surface area (Å²) in [5.41, 5.74) is 1.28. The van der Waals surface area contributed by atoms with Gasteiger partial charge in [-0.25, -0.2) is 0 Å². The highest BCUT2D eigenvalue weighted by molar-refractivity contribution is 7.99. The molecule has 29 heavy (non-hydrogen) atoms. The van der Waals surface area contributed by atoms with E-state index < -0.39 is 0 Å². The van der Waals surface area contributed by atoms with E-state index in [9.17, 15) is 9.59 Å². The summed E-state index contributed by atoms with van der Waals surface area (Å²) in [5, 5.41) is 9.28. The second-order valence-corrected chi connectivity index (χ2v) is 7.66. The average Bonchev–Trinajstić information content (AvgIpc) is 2.77. The molecule has 0 saturated carbocycles. The quantitative estimate of drug-likeness (QED) is 0.514. The van der Waals surface area contributed by atoms with Crippen molar-refractivity contribution in [2.24, 2.45) is 0 Å². The van der Waals surface area contributed by atoms with E-state index in [1.165, 1.54) is 0 Å². The molecule has 0 aliphatic carbocycles. The summed E-state index contributed by atoms with van der Waals surface area (Å²) >= 11 is 1.57. The molecule has 0 bridgehead atoms. The van der Waals surface area contributed by atoms with Gasteiger partial charge in [-0.15, -0.1) is 0 Å². The number of nitrogens with one attached hydrogen (secondary N) is 2. The van der Waals surface area contributed by atoms with Gasteiger partial charge in [-0.05, 0) is 35.0 Å². The van der Waals surface area contributed by atoms with E-state index in [0.29, 0.717) is 11.1 Å². The second kappa shape index (κ2) is 7.97. The molecular formula is C24H20N2O2S. The fraction of sp³-hybridized carbons (Fsp3) is 0.0833. The zero-order valence-corrected chi connectivity index (χ0v) is 17.0. The van der Waals surface area contributed by atoms with Crippen molar-refractivity contribution in [3.05, 3.63) is 83.9 Å². The van der Waals surface area contributed by atoms with Gasteiger partial charge in [0.1, 0.15) is 0 Å². The molecule has 4 rings (SSSR count). The Morgan fingerprint density at radius 1 is 0.621 bits per heavy atom. The molecule has 0 atom stereocenters. The number of rotatable bonds is 4. The van der Waals surface area contributed by atoms with Crippen LogP contribution in [0.15, 0.2) is 82.6 Å². The molecule has 0 radical (unpaired) electrons. The van der Waals surface area contributed by atoms with Crippen LogP contribution in [0.4, 0.5) is 0 Å². The summed E-state index contributed by atoms with van der Waals surface area (Å²) in [6.45, 7) is 0. The van der Waals surface area contributed by atoms with E-state index in [-0.39, 0.29) is 11.8 Å². The van der Waals surface area contributed by atoms with Crippen molar-refractivity contribution in [3.8, 4) is 0 Å². The Kier molecular flexibility index (Phi) is 5.23. The van der Waals surface area contributed by atoms with Gasteiger partial charge >= 0.3 is 0 Å². The van der Waals surface area contributed by atoms with E-state index in [1.807, 2.05) is 72.8 Å². The van der Waals surface area contributed by atoms with E-state index in [0.717, 1.165) is 31.3 Å². The van der Waals surface area contributed by atoms with E-state index in [1.54, 1.807) is 25.9 Å². The molecule has 0 spiro atoms. The van der Waals surface area contributed by atoms with Crippen LogP contribution in [0.2, 0.25) is 0 Å². The molecule has 5 heteroatoms. The summed E-state index contributed by atoms with van der Waals surface area (Å²) in [6.07, 6.45) is 0. The lowest BCUT2D eigenvalue weighted by Crippen LogP contribution is -2.18. The Morgan fingerprint density at radius 2 is 1.00 bits per heavy atom. The van der Waals surface area contributed by atoms with Crippen molar-refractivity contribution >= 4 is 45.1 Å². The molecule has 2 amide bonds. The van der Waals surface area contributed by atoms with Crippen LogP contribution in [0, 0.1) is 0 Å². The van der Waals surface area contributed by atoms with Gasteiger partial charge in [-0.1, -0.05) is 60.3 Å². The van der Waals surface area contributed by atoms with Gasteiger partial charge < -0.3 is 10.6 Å². The smallest absolute Gasteiger partial charge is 0.251 e. The molecule has 4 aromatic carbocycles. The first kappa shape index (κ1) is 19.0. The number of benzene rings is 4. The van der Waals surface area contributed by atoms with Crippen molar-refractivity contribution in [2.45, 2.75) is 9.79 Å². The molecular weight excluding hydrogens is 380 g/mol. The highest BCUT2D eigenvalue weighted by Gasteiger charge is 2.16. The minimum absolute atomic E-state index is 0.118. The number of hydrogen-bond donors (Lipinski definition) is 2.